The number of halogens is 2. The average molecular weight is 665 g/mol. The Morgan fingerprint density at radius 2 is 2.04 bits per heavy atom. The first-order chi connectivity index (χ1) is 23.7. The molecule has 0 spiro atoms. The lowest BCUT2D eigenvalue weighted by Crippen LogP contribution is -2.64. The number of nitrogens with zero attached hydrogens (tertiary/aromatic N) is 6. The maximum absolute atomic E-state index is 17.2. The number of benzene rings is 2. The SMILES string of the molecule is C#Cc1c(F)ccc2cccc(-c3nc4c5c(nc(OC[C@]67CCCN6CCC7=C)nc5c3F)N3CC5CCC(C3C(C)O4)N5C(=O)O)c12. The van der Waals surface area contributed by atoms with E-state index in [1.54, 1.807) is 24.3 Å². The summed E-state index contributed by atoms with van der Waals surface area (Å²) in [6.07, 6.45) is 8.41. The number of hydrogen-bond acceptors (Lipinski definition) is 8. The molecule has 2 aromatic carbocycles. The number of terminal acetylenes is 1. The van der Waals surface area contributed by atoms with Crippen molar-refractivity contribution in [1.82, 2.24) is 24.8 Å². The molecule has 0 saturated carbocycles. The van der Waals surface area contributed by atoms with E-state index in [2.05, 4.69) is 22.4 Å². The van der Waals surface area contributed by atoms with Gasteiger partial charge in [0.25, 0.3) is 0 Å². The molecule has 2 bridgehead atoms. The Morgan fingerprint density at radius 3 is 2.86 bits per heavy atom. The number of piperazine rings is 1. The number of anilines is 1. The zero-order valence-electron chi connectivity index (χ0n) is 27.0. The summed E-state index contributed by atoms with van der Waals surface area (Å²) in [7, 11) is 0. The molecule has 0 radical (unpaired) electrons. The number of fused-ring (bicyclic) bond motifs is 7. The van der Waals surface area contributed by atoms with E-state index in [1.807, 2.05) is 11.8 Å². The monoisotopic (exact) mass is 664 g/mol. The van der Waals surface area contributed by atoms with Crippen LogP contribution in [-0.2, 0) is 0 Å². The molecule has 2 aromatic heterocycles. The lowest BCUT2D eigenvalue weighted by atomic mass is 9.91. The largest absolute Gasteiger partial charge is 0.472 e. The highest BCUT2D eigenvalue weighted by atomic mass is 19.1. The second-order valence-corrected chi connectivity index (χ2v) is 13.8. The molecule has 10 nitrogen and oxygen atoms in total. The molecule has 0 aliphatic carbocycles. The molecule has 4 aromatic rings. The van der Waals surface area contributed by atoms with Gasteiger partial charge in [-0.1, -0.05) is 42.3 Å². The predicted molar refractivity (Wildman–Crippen MR) is 179 cm³/mol. The molecule has 1 amide bonds. The molecule has 4 unspecified atom stereocenters. The molecule has 49 heavy (non-hydrogen) atoms. The Kier molecular flexibility index (Phi) is 6.59. The summed E-state index contributed by atoms with van der Waals surface area (Å²) in [5, 5.41) is 11.4. The Balaban J connectivity index is 1.26. The smallest absolute Gasteiger partial charge is 0.407 e. The number of amides is 1. The first-order valence-corrected chi connectivity index (χ1v) is 16.8. The van der Waals surface area contributed by atoms with Crippen LogP contribution >= 0.6 is 0 Å². The van der Waals surface area contributed by atoms with Gasteiger partial charge < -0.3 is 19.5 Å². The highest BCUT2D eigenvalue weighted by Gasteiger charge is 2.53. The van der Waals surface area contributed by atoms with Crippen molar-refractivity contribution in [3.63, 3.8) is 0 Å². The molecule has 5 aliphatic heterocycles. The third kappa shape index (κ3) is 4.21. The molecular formula is C37H34F2N6O4. The second-order valence-electron chi connectivity index (χ2n) is 13.8. The van der Waals surface area contributed by atoms with Crippen LogP contribution in [0.3, 0.4) is 0 Å². The van der Waals surface area contributed by atoms with E-state index in [1.165, 1.54) is 11.0 Å². The van der Waals surface area contributed by atoms with Gasteiger partial charge in [0.1, 0.15) is 40.9 Å². The summed E-state index contributed by atoms with van der Waals surface area (Å²) in [6.45, 7) is 8.71. The number of carbonyl (C=O) groups is 1. The van der Waals surface area contributed by atoms with Gasteiger partial charge in [0.05, 0.1) is 29.2 Å². The van der Waals surface area contributed by atoms with Gasteiger partial charge in [-0.15, -0.1) is 6.42 Å². The van der Waals surface area contributed by atoms with Crippen LogP contribution in [0.4, 0.5) is 19.4 Å². The number of ether oxygens (including phenoxy) is 2. The minimum Gasteiger partial charge on any atom is -0.472 e. The normalized spacial score (nSPS) is 27.2. The van der Waals surface area contributed by atoms with Gasteiger partial charge in [-0.2, -0.15) is 9.97 Å². The zero-order valence-corrected chi connectivity index (χ0v) is 27.0. The van der Waals surface area contributed by atoms with Gasteiger partial charge in [-0.05, 0) is 57.0 Å². The number of carboxylic acid groups (broad SMARTS) is 1. The maximum Gasteiger partial charge on any atom is 0.407 e. The molecule has 1 N–H and O–H groups in total. The van der Waals surface area contributed by atoms with E-state index in [4.69, 9.17) is 25.9 Å². The highest BCUT2D eigenvalue weighted by molar-refractivity contribution is 6.03. The first kappa shape index (κ1) is 30.1. The van der Waals surface area contributed by atoms with Crippen molar-refractivity contribution in [1.29, 1.82) is 0 Å². The summed E-state index contributed by atoms with van der Waals surface area (Å²) in [4.78, 5) is 32.7. The minimum absolute atomic E-state index is 0.0000160. The average Bonchev–Trinajstić information content (AvgIpc) is 3.72. The molecule has 4 saturated heterocycles. The maximum atomic E-state index is 17.2. The fourth-order valence-electron chi connectivity index (χ4n) is 9.27. The van der Waals surface area contributed by atoms with E-state index >= 15 is 8.78 Å². The first-order valence-electron chi connectivity index (χ1n) is 16.8. The molecular weight excluding hydrogens is 630 g/mol. The standard InChI is InChI=1S/C37H34F2N6O4/c1-4-23-25(38)11-9-21-7-5-8-24(27(21)23)30-29(39)31-28-33(42-35(41-31)48-18-37-14-6-15-43(37)16-13-19(37)2)44-17-22-10-12-26(45(22)36(46)47)32(44)20(3)49-34(28)40-30/h1,5,7-9,11,20,22,26,32H,2,6,10,12-18H2,3H3,(H,46,47)/t20?,22?,26?,32?,37-/m0/s1. The topological polar surface area (TPSA) is 104 Å². The van der Waals surface area contributed by atoms with Crippen LogP contribution < -0.4 is 14.4 Å². The third-order valence-electron chi connectivity index (χ3n) is 11.5. The van der Waals surface area contributed by atoms with Crippen LogP contribution in [0, 0.1) is 24.0 Å². The summed E-state index contributed by atoms with van der Waals surface area (Å²) < 4.78 is 45.2. The lowest BCUT2D eigenvalue weighted by molar-refractivity contribution is 0.0706. The van der Waals surface area contributed by atoms with E-state index < -0.39 is 29.9 Å². The van der Waals surface area contributed by atoms with Crippen molar-refractivity contribution in [3.05, 3.63) is 59.7 Å². The highest BCUT2D eigenvalue weighted by Crippen LogP contribution is 2.48. The lowest BCUT2D eigenvalue weighted by Gasteiger charge is -2.47. The quantitative estimate of drug-likeness (QED) is 0.216. The Morgan fingerprint density at radius 1 is 1.18 bits per heavy atom. The fraction of sp³-hybridized carbons (Fsp3) is 0.405. The van der Waals surface area contributed by atoms with Crippen molar-refractivity contribution in [2.75, 3.05) is 31.1 Å². The fourth-order valence-corrected chi connectivity index (χ4v) is 9.27. The van der Waals surface area contributed by atoms with Gasteiger partial charge in [0.2, 0.25) is 5.88 Å². The van der Waals surface area contributed by atoms with Crippen LogP contribution in [-0.4, -0.2) is 92.0 Å². The summed E-state index contributed by atoms with van der Waals surface area (Å²) in [6, 6.07) is 6.99. The summed E-state index contributed by atoms with van der Waals surface area (Å²) in [5.74, 6) is 1.58. The van der Waals surface area contributed by atoms with Crippen molar-refractivity contribution < 1.29 is 28.2 Å². The van der Waals surface area contributed by atoms with Crippen molar-refractivity contribution in [2.45, 2.75) is 68.8 Å². The van der Waals surface area contributed by atoms with Crippen LogP contribution in [0.5, 0.6) is 11.9 Å². The van der Waals surface area contributed by atoms with E-state index in [-0.39, 0.29) is 58.3 Å². The van der Waals surface area contributed by atoms with E-state index in [9.17, 15) is 9.90 Å². The zero-order chi connectivity index (χ0) is 33.8. The van der Waals surface area contributed by atoms with Gasteiger partial charge in [0.15, 0.2) is 5.82 Å². The van der Waals surface area contributed by atoms with Crippen molar-refractivity contribution >= 4 is 33.6 Å². The van der Waals surface area contributed by atoms with Crippen molar-refractivity contribution in [3.8, 4) is 35.5 Å². The van der Waals surface area contributed by atoms with Gasteiger partial charge in [-0.3, -0.25) is 9.80 Å². The molecule has 7 heterocycles. The van der Waals surface area contributed by atoms with E-state index in [0.29, 0.717) is 41.5 Å². The number of rotatable bonds is 4. The van der Waals surface area contributed by atoms with Crippen LogP contribution in [0.1, 0.15) is 44.6 Å². The van der Waals surface area contributed by atoms with Gasteiger partial charge in [0, 0.05) is 24.0 Å². The molecule has 5 aliphatic rings. The van der Waals surface area contributed by atoms with Crippen LogP contribution in [0.25, 0.3) is 32.9 Å². The number of aromatic nitrogens is 3. The summed E-state index contributed by atoms with van der Waals surface area (Å²) >= 11 is 0. The van der Waals surface area contributed by atoms with Crippen molar-refractivity contribution in [2.24, 2.45) is 0 Å². The number of pyridine rings is 1. The number of hydrogen-bond donors (Lipinski definition) is 1. The summed E-state index contributed by atoms with van der Waals surface area (Å²) in [5.41, 5.74) is 0.921. The molecule has 250 valence electrons. The van der Waals surface area contributed by atoms with Crippen LogP contribution in [0.2, 0.25) is 0 Å². The molecule has 9 rings (SSSR count). The predicted octanol–water partition coefficient (Wildman–Crippen LogP) is 5.76. The Hall–Kier alpha value is -5.02. The van der Waals surface area contributed by atoms with E-state index in [0.717, 1.165) is 37.9 Å². The second kappa shape index (κ2) is 10.7. The van der Waals surface area contributed by atoms with Gasteiger partial charge >= 0.3 is 12.1 Å². The molecule has 5 atom stereocenters. The Labute approximate surface area is 281 Å². The third-order valence-corrected chi connectivity index (χ3v) is 11.5. The molecule has 4 fully saturated rings. The van der Waals surface area contributed by atoms with Crippen LogP contribution in [0.15, 0.2) is 42.5 Å². The van der Waals surface area contributed by atoms with Gasteiger partial charge in [-0.25, -0.2) is 18.6 Å². The molecule has 12 heteroatoms. The Bertz CT molecular complexity index is 2150. The minimum atomic E-state index is -0.978.